The van der Waals surface area contributed by atoms with Gasteiger partial charge >= 0.3 is 19.8 Å². The highest BCUT2D eigenvalue weighted by atomic mass is 31.2. The fourth-order valence-electron chi connectivity index (χ4n) is 6.12. The number of allylic oxidation sites excluding steroid dienone is 4. The van der Waals surface area contributed by atoms with Crippen molar-refractivity contribution in [3.8, 4) is 0 Å². The van der Waals surface area contributed by atoms with E-state index in [2.05, 4.69) is 58.8 Å². The molecule has 0 heterocycles. The Morgan fingerprint density at radius 2 is 0.985 bits per heavy atom. The lowest BCUT2D eigenvalue weighted by molar-refractivity contribution is -0.144. The maximum atomic E-state index is 11.8. The highest BCUT2D eigenvalue weighted by Crippen LogP contribution is 2.42. The molecular weight excluding hydrogens is 876 g/mol. The first kappa shape index (κ1) is 70.6. The van der Waals surface area contributed by atoms with E-state index in [1.165, 1.54) is 136 Å². The van der Waals surface area contributed by atoms with E-state index in [0.29, 0.717) is 25.5 Å². The van der Waals surface area contributed by atoms with Gasteiger partial charge in [-0.1, -0.05) is 155 Å². The number of hydrogen-bond acceptors (Lipinski definition) is 12. The van der Waals surface area contributed by atoms with Gasteiger partial charge in [0.25, 0.3) is 0 Å². The first-order chi connectivity index (χ1) is 32.5. The molecule has 0 spiro atoms. The van der Waals surface area contributed by atoms with E-state index in [-0.39, 0.29) is 69.8 Å². The summed E-state index contributed by atoms with van der Waals surface area (Å²) in [5, 5.41) is 7.46. The Hall–Kier alpha value is -2.94. The van der Waals surface area contributed by atoms with E-state index in [1.54, 1.807) is 7.05 Å². The molecule has 0 saturated carbocycles. The molecule has 0 aliphatic heterocycles. The average Bonchev–Trinajstić information content (AvgIpc) is 3.33. The van der Waals surface area contributed by atoms with E-state index < -0.39 is 7.82 Å². The summed E-state index contributed by atoms with van der Waals surface area (Å²) >= 11 is 0. The molecule has 0 aromatic rings. The number of likely N-dealkylation sites (N-methyl/N-ethyl adjacent to an activating group) is 1. The standard InChI is InChI=1S/C26H51N2O7P.C19H36O2.C4H8N2O2.C2H6/c1-3-4-5-6-7-8-9-10-11-12-13-14-15-16-17-19-26(30)33-21-18-22-34-36(31,32)35-23-20-28-25(29)24-27-2;1-3-4-5-6-7-8-9-10-11-12-13-14-15-16-17-18-19(20)21-2;5-3-4(8)6-1-2-7;1-2/h10-11,27H,3-9,12-24H2,1-2H3,(H,28,29)(H,31,32);10-11H,3-9,12-18H2,1-2H3;2H,1,3,5H2,(H,6,8);1-2H3/b2*11-10-;;. The van der Waals surface area contributed by atoms with Crippen molar-refractivity contribution in [2.45, 2.75) is 214 Å². The summed E-state index contributed by atoms with van der Waals surface area (Å²) in [4.78, 5) is 63.2. The molecule has 6 N–H and O–H groups in total. The maximum absolute atomic E-state index is 11.8. The van der Waals surface area contributed by atoms with Crippen molar-refractivity contribution < 1.29 is 52.0 Å². The fourth-order valence-corrected chi connectivity index (χ4v) is 6.88. The van der Waals surface area contributed by atoms with Crippen molar-refractivity contribution in [3.63, 3.8) is 0 Å². The molecule has 1 unspecified atom stereocenters. The van der Waals surface area contributed by atoms with E-state index in [9.17, 15) is 33.4 Å². The first-order valence-electron chi connectivity index (χ1n) is 26.0. The molecule has 0 aliphatic carbocycles. The number of carbonyl (C=O) groups is 5. The van der Waals surface area contributed by atoms with Gasteiger partial charge in [0.2, 0.25) is 11.8 Å². The van der Waals surface area contributed by atoms with Crippen molar-refractivity contribution in [1.82, 2.24) is 16.0 Å². The lowest BCUT2D eigenvalue weighted by atomic mass is 10.1. The molecule has 0 bridgehead atoms. The molecule has 0 aliphatic rings. The van der Waals surface area contributed by atoms with Gasteiger partial charge in [0.05, 0.1) is 46.6 Å². The van der Waals surface area contributed by atoms with Crippen LogP contribution in [-0.2, 0) is 47.1 Å². The van der Waals surface area contributed by atoms with E-state index in [1.807, 2.05) is 13.8 Å². The fraction of sp³-hybridized carbons (Fsp3) is 0.824. The second-order valence-corrected chi connectivity index (χ2v) is 17.5. The van der Waals surface area contributed by atoms with Gasteiger partial charge in [-0.2, -0.15) is 0 Å². The van der Waals surface area contributed by atoms with Crippen LogP contribution in [-0.4, -0.2) is 95.1 Å². The molecule has 0 rings (SSSR count). The van der Waals surface area contributed by atoms with Gasteiger partial charge in [0, 0.05) is 25.8 Å². The van der Waals surface area contributed by atoms with Gasteiger partial charge in [0.1, 0.15) is 6.29 Å². The SMILES string of the molecule is CC.CCCCCCCC/C=C\CCCCCCCC(=O)OC.CCCCCCCC/C=C\CCCCCCCC(=O)OCCCOP(=O)(O)OCCNC(=O)CNC.NCC(=O)NCC=O. The topological polar surface area (TPSA) is 222 Å². The molecule has 0 aromatic heterocycles. The lowest BCUT2D eigenvalue weighted by Gasteiger charge is -2.12. The number of phosphoric acid groups is 1. The number of methoxy groups -OCH3 is 1. The third-order valence-electron chi connectivity index (χ3n) is 9.90. The Kier molecular flexibility index (Phi) is 64.4. The molecule has 16 heteroatoms. The van der Waals surface area contributed by atoms with Gasteiger partial charge in [-0.15, -0.1) is 0 Å². The molecule has 2 amide bonds. The Bertz CT molecular complexity index is 1210. The molecule has 396 valence electrons. The van der Waals surface area contributed by atoms with E-state index in [0.717, 1.165) is 38.5 Å². The number of amides is 2. The van der Waals surface area contributed by atoms with E-state index >= 15 is 0 Å². The number of unbranched alkanes of at least 4 members (excludes halogenated alkanes) is 22. The minimum Gasteiger partial charge on any atom is -0.469 e. The zero-order valence-electron chi connectivity index (χ0n) is 43.4. The normalized spacial score (nSPS) is 11.6. The maximum Gasteiger partial charge on any atom is 0.472 e. The second-order valence-electron chi connectivity index (χ2n) is 16.0. The third kappa shape index (κ3) is 67.4. The summed E-state index contributed by atoms with van der Waals surface area (Å²) < 4.78 is 31.1. The van der Waals surface area contributed by atoms with Crippen LogP contribution in [0.5, 0.6) is 0 Å². The van der Waals surface area contributed by atoms with Crippen molar-refractivity contribution in [1.29, 1.82) is 0 Å². The lowest BCUT2D eigenvalue weighted by Crippen LogP contribution is -2.34. The Balaban J connectivity index is -0.000000535. The predicted octanol–water partition coefficient (Wildman–Crippen LogP) is 10.9. The Morgan fingerprint density at radius 3 is 1.40 bits per heavy atom. The van der Waals surface area contributed by atoms with Gasteiger partial charge in [-0.3, -0.25) is 28.2 Å². The minimum atomic E-state index is -4.19. The smallest absolute Gasteiger partial charge is 0.469 e. The van der Waals surface area contributed by atoms with Gasteiger partial charge in [0.15, 0.2) is 0 Å². The van der Waals surface area contributed by atoms with Crippen molar-refractivity contribution in [2.75, 3.05) is 60.2 Å². The summed E-state index contributed by atoms with van der Waals surface area (Å²) in [6.45, 7) is 8.67. The van der Waals surface area contributed by atoms with Gasteiger partial charge in [-0.05, 0) is 71.3 Å². The number of aldehydes is 1. The molecule has 1 atom stereocenters. The Labute approximate surface area is 408 Å². The summed E-state index contributed by atoms with van der Waals surface area (Å²) in [5.74, 6) is -0.878. The van der Waals surface area contributed by atoms with E-state index in [4.69, 9.17) is 19.5 Å². The Morgan fingerprint density at radius 1 is 0.567 bits per heavy atom. The predicted molar refractivity (Wildman–Crippen MR) is 275 cm³/mol. The summed E-state index contributed by atoms with van der Waals surface area (Å²) in [7, 11) is -1.09. The highest BCUT2D eigenvalue weighted by molar-refractivity contribution is 7.47. The largest absolute Gasteiger partial charge is 0.472 e. The van der Waals surface area contributed by atoms with Gasteiger partial charge in [-0.25, -0.2) is 4.57 Å². The monoisotopic (exact) mass is 977 g/mol. The average molecular weight is 977 g/mol. The van der Waals surface area contributed by atoms with Crippen LogP contribution in [0.2, 0.25) is 0 Å². The summed E-state index contributed by atoms with van der Waals surface area (Å²) in [5.41, 5.74) is 4.88. The molecule has 0 saturated heterocycles. The number of phosphoric ester groups is 1. The number of nitrogens with one attached hydrogen (secondary N) is 3. The van der Waals surface area contributed by atoms with Crippen LogP contribution in [0.3, 0.4) is 0 Å². The van der Waals surface area contributed by atoms with Crippen LogP contribution >= 0.6 is 7.82 Å². The van der Waals surface area contributed by atoms with Crippen molar-refractivity contribution >= 4 is 37.9 Å². The second kappa shape index (κ2) is 61.1. The molecule has 67 heavy (non-hydrogen) atoms. The number of esters is 2. The van der Waals surface area contributed by atoms with Crippen LogP contribution in [0.1, 0.15) is 214 Å². The van der Waals surface area contributed by atoms with Crippen molar-refractivity contribution in [2.24, 2.45) is 5.73 Å². The molecule has 15 nitrogen and oxygen atoms in total. The molecular formula is C51H101N4O11P. The quantitative estimate of drug-likeness (QED) is 0.0126. The highest BCUT2D eigenvalue weighted by Gasteiger charge is 2.20. The zero-order chi connectivity index (χ0) is 50.8. The van der Waals surface area contributed by atoms with Crippen LogP contribution in [0.15, 0.2) is 24.3 Å². The molecule has 0 aromatic carbocycles. The number of rotatable bonds is 44. The number of hydrogen-bond donors (Lipinski definition) is 5. The van der Waals surface area contributed by atoms with Crippen LogP contribution in [0.25, 0.3) is 0 Å². The van der Waals surface area contributed by atoms with Gasteiger partial charge < -0.3 is 40.8 Å². The molecule has 0 fully saturated rings. The minimum absolute atomic E-state index is 0.0516. The van der Waals surface area contributed by atoms with Crippen LogP contribution < -0.4 is 21.7 Å². The number of nitrogens with two attached hydrogens (primary N) is 1. The van der Waals surface area contributed by atoms with Crippen molar-refractivity contribution in [3.05, 3.63) is 24.3 Å². The summed E-state index contributed by atoms with van der Waals surface area (Å²) in [6, 6.07) is 0. The van der Waals surface area contributed by atoms with Crippen LogP contribution in [0.4, 0.5) is 0 Å². The molecule has 0 radical (unpaired) electrons. The number of ether oxygens (including phenoxy) is 2. The zero-order valence-corrected chi connectivity index (χ0v) is 44.3. The summed E-state index contributed by atoms with van der Waals surface area (Å²) in [6.07, 6.45) is 43.6. The third-order valence-corrected chi connectivity index (χ3v) is 10.9. The van der Waals surface area contributed by atoms with Crippen LogP contribution in [0, 0.1) is 0 Å². The first-order valence-corrected chi connectivity index (χ1v) is 27.5. The number of carbonyl (C=O) groups excluding carboxylic acids is 5.